The van der Waals surface area contributed by atoms with Crippen molar-refractivity contribution in [3.63, 3.8) is 0 Å². The Balaban J connectivity index is 1.86. The van der Waals surface area contributed by atoms with E-state index in [0.29, 0.717) is 18.3 Å². The Hall–Kier alpha value is -2.15. The average Bonchev–Trinajstić information content (AvgIpc) is 2.48. The first-order valence-corrected chi connectivity index (χ1v) is 7.06. The lowest BCUT2D eigenvalue weighted by Crippen LogP contribution is -2.45. The number of urea groups is 1. The fourth-order valence-corrected chi connectivity index (χ4v) is 2.38. The van der Waals surface area contributed by atoms with Crippen LogP contribution in [-0.4, -0.2) is 42.0 Å². The van der Waals surface area contributed by atoms with Crippen LogP contribution in [0.2, 0.25) is 0 Å². The second-order valence-corrected chi connectivity index (χ2v) is 5.26. The van der Waals surface area contributed by atoms with Crippen LogP contribution in [0.1, 0.15) is 19.3 Å². The summed E-state index contributed by atoms with van der Waals surface area (Å²) >= 11 is 0. The SMILES string of the molecule is CN(CC1CCCCN1)C(=O)Nc1ccc([N+](=O)[O-])cc1. The maximum absolute atomic E-state index is 12.1. The van der Waals surface area contributed by atoms with E-state index in [4.69, 9.17) is 0 Å². The smallest absolute Gasteiger partial charge is 0.321 e. The van der Waals surface area contributed by atoms with Crippen LogP contribution in [0.15, 0.2) is 24.3 Å². The van der Waals surface area contributed by atoms with Crippen molar-refractivity contribution in [3.05, 3.63) is 34.4 Å². The molecule has 1 atom stereocenters. The van der Waals surface area contributed by atoms with Crippen molar-refractivity contribution in [1.29, 1.82) is 0 Å². The molecule has 0 aliphatic carbocycles. The van der Waals surface area contributed by atoms with E-state index in [0.717, 1.165) is 13.0 Å². The number of rotatable bonds is 4. The molecule has 7 heteroatoms. The highest BCUT2D eigenvalue weighted by atomic mass is 16.6. The van der Waals surface area contributed by atoms with Gasteiger partial charge in [-0.15, -0.1) is 0 Å². The minimum atomic E-state index is -0.466. The van der Waals surface area contributed by atoms with Gasteiger partial charge in [-0.3, -0.25) is 10.1 Å². The number of benzene rings is 1. The largest absolute Gasteiger partial charge is 0.326 e. The number of carbonyl (C=O) groups is 1. The van der Waals surface area contributed by atoms with Crippen LogP contribution in [0.3, 0.4) is 0 Å². The van der Waals surface area contributed by atoms with Crippen LogP contribution >= 0.6 is 0 Å². The van der Waals surface area contributed by atoms with Gasteiger partial charge in [0.05, 0.1) is 4.92 Å². The van der Waals surface area contributed by atoms with Crippen molar-refractivity contribution in [3.8, 4) is 0 Å². The summed E-state index contributed by atoms with van der Waals surface area (Å²) in [7, 11) is 1.75. The van der Waals surface area contributed by atoms with E-state index < -0.39 is 4.92 Å². The lowest BCUT2D eigenvalue weighted by molar-refractivity contribution is -0.384. The molecule has 0 radical (unpaired) electrons. The maximum atomic E-state index is 12.1. The minimum absolute atomic E-state index is 0.00718. The summed E-state index contributed by atoms with van der Waals surface area (Å²) in [6.45, 7) is 1.65. The molecule has 2 N–H and O–H groups in total. The molecule has 21 heavy (non-hydrogen) atoms. The standard InChI is InChI=1S/C14H20N4O3/c1-17(10-12-4-2-3-9-15-12)14(19)16-11-5-7-13(8-6-11)18(20)21/h5-8,12,15H,2-4,9-10H2,1H3,(H,16,19). The van der Waals surface area contributed by atoms with E-state index in [1.54, 1.807) is 11.9 Å². The predicted molar refractivity (Wildman–Crippen MR) is 80.4 cm³/mol. The van der Waals surface area contributed by atoms with Gasteiger partial charge >= 0.3 is 6.03 Å². The Morgan fingerprint density at radius 3 is 2.71 bits per heavy atom. The van der Waals surface area contributed by atoms with Crippen LogP contribution in [0.25, 0.3) is 0 Å². The van der Waals surface area contributed by atoms with Gasteiger partial charge < -0.3 is 15.5 Å². The number of nitro benzene ring substituents is 1. The van der Waals surface area contributed by atoms with Crippen LogP contribution in [0, 0.1) is 10.1 Å². The lowest BCUT2D eigenvalue weighted by atomic mass is 10.0. The van der Waals surface area contributed by atoms with Gasteiger partial charge in [-0.25, -0.2) is 4.79 Å². The molecule has 1 heterocycles. The number of hydrogen-bond acceptors (Lipinski definition) is 4. The Bertz CT molecular complexity index is 497. The molecule has 1 aromatic carbocycles. The molecule has 2 amide bonds. The first-order valence-electron chi connectivity index (χ1n) is 7.06. The first-order chi connectivity index (χ1) is 10.1. The molecule has 1 aliphatic heterocycles. The Labute approximate surface area is 123 Å². The second kappa shape index (κ2) is 7.03. The van der Waals surface area contributed by atoms with Crippen molar-refractivity contribution in [2.75, 3.05) is 25.5 Å². The highest BCUT2D eigenvalue weighted by Crippen LogP contribution is 2.16. The monoisotopic (exact) mass is 292 g/mol. The summed E-state index contributed by atoms with van der Waals surface area (Å²) in [5.41, 5.74) is 0.557. The van der Waals surface area contributed by atoms with Gasteiger partial charge in [0.2, 0.25) is 0 Å². The van der Waals surface area contributed by atoms with Crippen LogP contribution in [0.5, 0.6) is 0 Å². The fourth-order valence-electron chi connectivity index (χ4n) is 2.38. The molecule has 2 rings (SSSR count). The summed E-state index contributed by atoms with van der Waals surface area (Å²) in [5.74, 6) is 0. The van der Waals surface area contributed by atoms with E-state index in [1.807, 2.05) is 0 Å². The Morgan fingerprint density at radius 1 is 1.43 bits per heavy atom. The van der Waals surface area contributed by atoms with E-state index in [2.05, 4.69) is 10.6 Å². The third kappa shape index (κ3) is 4.42. The molecule has 114 valence electrons. The molecule has 1 fully saturated rings. The molecule has 0 bridgehead atoms. The highest BCUT2D eigenvalue weighted by Gasteiger charge is 2.17. The number of non-ortho nitro benzene ring substituents is 1. The van der Waals surface area contributed by atoms with Crippen LogP contribution < -0.4 is 10.6 Å². The second-order valence-electron chi connectivity index (χ2n) is 5.26. The molecule has 1 saturated heterocycles. The van der Waals surface area contributed by atoms with Gasteiger partial charge in [-0.2, -0.15) is 0 Å². The highest BCUT2D eigenvalue weighted by molar-refractivity contribution is 5.89. The number of likely N-dealkylation sites (N-methyl/N-ethyl adjacent to an activating group) is 1. The molecule has 1 aliphatic rings. The molecule has 7 nitrogen and oxygen atoms in total. The summed E-state index contributed by atoms with van der Waals surface area (Å²) in [6.07, 6.45) is 3.46. The van der Waals surface area contributed by atoms with Crippen molar-refractivity contribution in [1.82, 2.24) is 10.2 Å². The number of piperidine rings is 1. The van der Waals surface area contributed by atoms with Gasteiger partial charge in [0, 0.05) is 37.5 Å². The summed E-state index contributed by atoms with van der Waals surface area (Å²) in [5, 5.41) is 16.7. The molecular weight excluding hydrogens is 272 g/mol. The zero-order chi connectivity index (χ0) is 15.2. The van der Waals surface area contributed by atoms with Crippen molar-refractivity contribution in [2.45, 2.75) is 25.3 Å². The van der Waals surface area contributed by atoms with Crippen molar-refractivity contribution < 1.29 is 9.72 Å². The van der Waals surface area contributed by atoms with Crippen molar-refractivity contribution in [2.24, 2.45) is 0 Å². The minimum Gasteiger partial charge on any atom is -0.326 e. The fraction of sp³-hybridized carbons (Fsp3) is 0.500. The predicted octanol–water partition coefficient (Wildman–Crippen LogP) is 2.20. The number of nitro groups is 1. The van der Waals surface area contributed by atoms with E-state index in [9.17, 15) is 14.9 Å². The molecule has 1 unspecified atom stereocenters. The summed E-state index contributed by atoms with van der Waals surface area (Å²) in [4.78, 5) is 23.8. The van der Waals surface area contributed by atoms with Gasteiger partial charge in [0.25, 0.3) is 5.69 Å². The average molecular weight is 292 g/mol. The maximum Gasteiger partial charge on any atom is 0.321 e. The number of nitrogens with one attached hydrogen (secondary N) is 2. The van der Waals surface area contributed by atoms with Gasteiger partial charge in [0.15, 0.2) is 0 Å². The third-order valence-corrected chi connectivity index (χ3v) is 3.58. The molecule has 0 saturated carbocycles. The zero-order valence-corrected chi connectivity index (χ0v) is 12.0. The summed E-state index contributed by atoms with van der Waals surface area (Å²) in [6, 6.07) is 5.94. The topological polar surface area (TPSA) is 87.5 Å². The zero-order valence-electron chi connectivity index (χ0n) is 12.0. The van der Waals surface area contributed by atoms with Gasteiger partial charge in [-0.1, -0.05) is 6.42 Å². The third-order valence-electron chi connectivity index (χ3n) is 3.58. The van der Waals surface area contributed by atoms with Crippen LogP contribution in [-0.2, 0) is 0 Å². The molecule has 0 aromatic heterocycles. The summed E-state index contributed by atoms with van der Waals surface area (Å²) < 4.78 is 0. The van der Waals surface area contributed by atoms with E-state index in [-0.39, 0.29) is 11.7 Å². The van der Waals surface area contributed by atoms with Crippen molar-refractivity contribution >= 4 is 17.4 Å². The van der Waals surface area contributed by atoms with Gasteiger partial charge in [0.1, 0.15) is 0 Å². The molecular formula is C14H20N4O3. The molecule has 1 aromatic rings. The number of nitrogens with zero attached hydrogens (tertiary/aromatic N) is 2. The normalized spacial score (nSPS) is 18.0. The quantitative estimate of drug-likeness (QED) is 0.658. The molecule has 0 spiro atoms. The Morgan fingerprint density at radius 2 is 2.14 bits per heavy atom. The van der Waals surface area contributed by atoms with Gasteiger partial charge in [-0.05, 0) is 31.5 Å². The Kier molecular flexibility index (Phi) is 5.10. The lowest BCUT2D eigenvalue weighted by Gasteiger charge is -2.28. The number of amides is 2. The van der Waals surface area contributed by atoms with E-state index in [1.165, 1.54) is 37.1 Å². The first kappa shape index (κ1) is 15.2. The number of anilines is 1. The van der Waals surface area contributed by atoms with Crippen LogP contribution in [0.4, 0.5) is 16.2 Å². The number of hydrogen-bond donors (Lipinski definition) is 2. The van der Waals surface area contributed by atoms with E-state index >= 15 is 0 Å². The number of carbonyl (C=O) groups excluding carboxylic acids is 1.